The maximum atomic E-state index is 13.8. The van der Waals surface area contributed by atoms with Crippen LogP contribution < -0.4 is 11.3 Å². The first-order chi connectivity index (χ1) is 9.52. The Morgan fingerprint density at radius 2 is 1.95 bits per heavy atom. The number of hydrogen-bond acceptors (Lipinski definition) is 2. The van der Waals surface area contributed by atoms with Crippen LogP contribution in [0.15, 0.2) is 40.9 Å². The van der Waals surface area contributed by atoms with Crippen LogP contribution in [0.25, 0.3) is 0 Å². The Bertz CT molecular complexity index is 622. The number of halogens is 4. The Kier molecular flexibility index (Phi) is 5.10. The van der Waals surface area contributed by atoms with E-state index in [4.69, 9.17) is 17.4 Å². The molecule has 1 atom stereocenters. The van der Waals surface area contributed by atoms with Gasteiger partial charge in [0.05, 0.1) is 10.5 Å². The zero-order chi connectivity index (χ0) is 14.7. The summed E-state index contributed by atoms with van der Waals surface area (Å²) in [5.74, 6) is 4.71. The highest BCUT2D eigenvalue weighted by atomic mass is 79.9. The molecule has 2 aromatic carbocycles. The highest BCUT2D eigenvalue weighted by Gasteiger charge is 2.17. The molecule has 0 aliphatic rings. The largest absolute Gasteiger partial charge is 0.271 e. The van der Waals surface area contributed by atoms with Crippen molar-refractivity contribution >= 4 is 27.5 Å². The van der Waals surface area contributed by atoms with Crippen LogP contribution in [0.1, 0.15) is 17.2 Å². The Balaban J connectivity index is 2.31. The van der Waals surface area contributed by atoms with Gasteiger partial charge < -0.3 is 0 Å². The molecule has 2 rings (SSSR count). The number of hydrogen-bond donors (Lipinski definition) is 2. The Morgan fingerprint density at radius 1 is 1.20 bits per heavy atom. The van der Waals surface area contributed by atoms with Gasteiger partial charge in [0.15, 0.2) is 0 Å². The van der Waals surface area contributed by atoms with Gasteiger partial charge in [0.2, 0.25) is 0 Å². The Hall–Kier alpha value is -1.01. The fourth-order valence-corrected chi connectivity index (χ4v) is 2.65. The third-order valence-corrected chi connectivity index (χ3v) is 4.07. The van der Waals surface area contributed by atoms with Gasteiger partial charge >= 0.3 is 0 Å². The van der Waals surface area contributed by atoms with Crippen LogP contribution in [0, 0.1) is 11.6 Å². The molecule has 0 radical (unpaired) electrons. The molecule has 0 amide bonds. The summed E-state index contributed by atoms with van der Waals surface area (Å²) in [5, 5.41) is 0.329. The molecule has 0 saturated heterocycles. The van der Waals surface area contributed by atoms with Crippen molar-refractivity contribution < 1.29 is 8.78 Å². The van der Waals surface area contributed by atoms with Gasteiger partial charge in [-0.05, 0) is 51.7 Å². The number of nitrogens with two attached hydrogens (primary N) is 1. The fourth-order valence-electron chi connectivity index (χ4n) is 1.96. The summed E-state index contributed by atoms with van der Waals surface area (Å²) >= 11 is 8.89. The van der Waals surface area contributed by atoms with Crippen LogP contribution >= 0.6 is 27.5 Å². The fraction of sp³-hybridized carbons (Fsp3) is 0.143. The monoisotopic (exact) mass is 360 g/mol. The summed E-state index contributed by atoms with van der Waals surface area (Å²) in [6.07, 6.45) is 0.279. The summed E-state index contributed by atoms with van der Waals surface area (Å²) in [7, 11) is 0. The first-order valence-corrected chi connectivity index (χ1v) is 7.04. The van der Waals surface area contributed by atoms with Crippen molar-refractivity contribution in [2.45, 2.75) is 12.5 Å². The van der Waals surface area contributed by atoms with E-state index in [1.807, 2.05) is 0 Å². The standard InChI is InChI=1S/C14H12BrClF2N2/c15-14-10(2-1-3-11(14)17)13(20-19)6-8-4-5-9(16)7-12(8)18/h1-5,7,13,20H,6,19H2. The van der Waals surface area contributed by atoms with Crippen molar-refractivity contribution in [2.24, 2.45) is 5.84 Å². The zero-order valence-electron chi connectivity index (χ0n) is 10.3. The van der Waals surface area contributed by atoms with E-state index in [2.05, 4.69) is 21.4 Å². The Morgan fingerprint density at radius 3 is 2.60 bits per heavy atom. The van der Waals surface area contributed by atoms with Gasteiger partial charge in [-0.3, -0.25) is 11.3 Å². The van der Waals surface area contributed by atoms with Crippen LogP contribution in [-0.4, -0.2) is 0 Å². The van der Waals surface area contributed by atoms with Crippen molar-refractivity contribution in [3.8, 4) is 0 Å². The minimum Gasteiger partial charge on any atom is -0.271 e. The average molecular weight is 362 g/mol. The molecule has 0 aliphatic heterocycles. The highest BCUT2D eigenvalue weighted by molar-refractivity contribution is 9.10. The van der Waals surface area contributed by atoms with E-state index >= 15 is 0 Å². The second-order valence-corrected chi connectivity index (χ2v) is 5.53. The third kappa shape index (κ3) is 3.35. The van der Waals surface area contributed by atoms with Gasteiger partial charge in [-0.2, -0.15) is 0 Å². The van der Waals surface area contributed by atoms with E-state index in [0.29, 0.717) is 20.6 Å². The van der Waals surface area contributed by atoms with Crippen LogP contribution in [0.5, 0.6) is 0 Å². The lowest BCUT2D eigenvalue weighted by Gasteiger charge is -2.18. The average Bonchev–Trinajstić information content (AvgIpc) is 2.42. The van der Waals surface area contributed by atoms with E-state index < -0.39 is 11.9 Å². The van der Waals surface area contributed by atoms with Gasteiger partial charge in [0, 0.05) is 5.02 Å². The lowest BCUT2D eigenvalue weighted by atomic mass is 9.99. The molecule has 20 heavy (non-hydrogen) atoms. The van der Waals surface area contributed by atoms with E-state index in [9.17, 15) is 8.78 Å². The van der Waals surface area contributed by atoms with Gasteiger partial charge in [0.25, 0.3) is 0 Å². The topological polar surface area (TPSA) is 38.0 Å². The second-order valence-electron chi connectivity index (χ2n) is 4.30. The van der Waals surface area contributed by atoms with Crippen molar-refractivity contribution in [3.05, 3.63) is 68.7 Å². The molecule has 2 nitrogen and oxygen atoms in total. The predicted octanol–water partition coefficient (Wildman–Crippen LogP) is 4.13. The molecule has 0 spiro atoms. The van der Waals surface area contributed by atoms with Crippen LogP contribution in [0.3, 0.4) is 0 Å². The van der Waals surface area contributed by atoms with E-state index in [-0.39, 0.29) is 12.2 Å². The highest BCUT2D eigenvalue weighted by Crippen LogP contribution is 2.29. The summed E-state index contributed by atoms with van der Waals surface area (Å²) in [6, 6.07) is 8.66. The zero-order valence-corrected chi connectivity index (χ0v) is 12.7. The summed E-state index contributed by atoms with van der Waals surface area (Å²) in [5.41, 5.74) is 3.66. The summed E-state index contributed by atoms with van der Waals surface area (Å²) in [4.78, 5) is 0. The number of hydrazine groups is 1. The van der Waals surface area contributed by atoms with E-state index in [0.717, 1.165) is 0 Å². The van der Waals surface area contributed by atoms with E-state index in [1.165, 1.54) is 12.1 Å². The molecule has 0 aromatic heterocycles. The molecule has 0 heterocycles. The van der Waals surface area contributed by atoms with Crippen LogP contribution in [0.2, 0.25) is 5.02 Å². The van der Waals surface area contributed by atoms with Crippen molar-refractivity contribution in [1.82, 2.24) is 5.43 Å². The summed E-state index contributed by atoms with van der Waals surface area (Å²) < 4.78 is 27.7. The number of benzene rings is 2. The van der Waals surface area contributed by atoms with Crippen LogP contribution in [-0.2, 0) is 6.42 Å². The third-order valence-electron chi connectivity index (χ3n) is 3.00. The van der Waals surface area contributed by atoms with Crippen molar-refractivity contribution in [2.75, 3.05) is 0 Å². The second kappa shape index (κ2) is 6.63. The molecule has 106 valence electrons. The van der Waals surface area contributed by atoms with Crippen LogP contribution in [0.4, 0.5) is 8.78 Å². The first kappa shape index (κ1) is 15.4. The quantitative estimate of drug-likeness (QED) is 0.635. The molecule has 2 aromatic rings. The van der Waals surface area contributed by atoms with Gasteiger partial charge in [0.1, 0.15) is 11.6 Å². The molecular formula is C14H12BrClF2N2. The maximum Gasteiger partial charge on any atom is 0.137 e. The SMILES string of the molecule is NNC(Cc1ccc(Cl)cc1F)c1cccc(F)c1Br. The summed E-state index contributed by atoms with van der Waals surface area (Å²) in [6.45, 7) is 0. The minimum atomic E-state index is -0.421. The Labute approximate surface area is 129 Å². The van der Waals surface area contributed by atoms with Crippen molar-refractivity contribution in [3.63, 3.8) is 0 Å². The number of nitrogens with one attached hydrogen (secondary N) is 1. The molecule has 0 saturated carbocycles. The molecule has 1 unspecified atom stereocenters. The molecular weight excluding hydrogens is 350 g/mol. The predicted molar refractivity (Wildman–Crippen MR) is 79.3 cm³/mol. The number of rotatable bonds is 4. The smallest absolute Gasteiger partial charge is 0.137 e. The normalized spacial score (nSPS) is 12.4. The van der Waals surface area contributed by atoms with Gasteiger partial charge in [-0.25, -0.2) is 8.78 Å². The molecule has 0 aliphatic carbocycles. The lowest BCUT2D eigenvalue weighted by molar-refractivity contribution is 0.522. The van der Waals surface area contributed by atoms with Gasteiger partial charge in [-0.15, -0.1) is 0 Å². The minimum absolute atomic E-state index is 0.279. The molecule has 0 fully saturated rings. The maximum absolute atomic E-state index is 13.8. The van der Waals surface area contributed by atoms with Gasteiger partial charge in [-0.1, -0.05) is 29.8 Å². The molecule has 3 N–H and O–H groups in total. The van der Waals surface area contributed by atoms with Crippen molar-refractivity contribution in [1.29, 1.82) is 0 Å². The first-order valence-electron chi connectivity index (χ1n) is 5.87. The molecule has 6 heteroatoms. The van der Waals surface area contributed by atoms with E-state index in [1.54, 1.807) is 24.3 Å². The molecule has 0 bridgehead atoms. The lowest BCUT2D eigenvalue weighted by Crippen LogP contribution is -2.30.